The molecule has 0 radical (unpaired) electrons. The number of carbonyl (C=O) groups is 2. The van der Waals surface area contributed by atoms with Crippen LogP contribution in [0.4, 0.5) is 5.13 Å². The number of ether oxygens (including phenoxy) is 1. The number of furan rings is 1. The fraction of sp³-hybridized carbons (Fsp3) is 0.160. The molecule has 166 valence electrons. The van der Waals surface area contributed by atoms with E-state index in [2.05, 4.69) is 4.98 Å². The molecule has 1 atom stereocenters. The Hall–Kier alpha value is -3.91. The van der Waals surface area contributed by atoms with Crippen molar-refractivity contribution in [2.24, 2.45) is 0 Å². The number of nitrogens with zero attached hydrogens (tertiary/aromatic N) is 2. The predicted molar refractivity (Wildman–Crippen MR) is 126 cm³/mol. The van der Waals surface area contributed by atoms with E-state index in [4.69, 9.17) is 9.15 Å². The standard InChI is InChI=1S/C25H20N2O5S/c1-13-10-14(2)20-18(11-13)33-25(26-20)27-21(17-8-5-9-32-17)19(23(29)24(27)30)22(28)15-6-4-7-16(12-15)31-3/h4-12,21,28H,1-3H3/b22-19+/t21-/m1/s1. The number of ketones is 1. The molecule has 4 aromatic rings. The number of Topliss-reactive ketones (excluding diaryl/α,β-unsaturated/α-hetero) is 1. The highest BCUT2D eigenvalue weighted by Crippen LogP contribution is 2.45. The van der Waals surface area contributed by atoms with Gasteiger partial charge >= 0.3 is 5.91 Å². The normalized spacial score (nSPS) is 17.8. The Morgan fingerprint density at radius 3 is 2.70 bits per heavy atom. The summed E-state index contributed by atoms with van der Waals surface area (Å²) in [6.07, 6.45) is 1.47. The Bertz CT molecular complexity index is 1430. The highest BCUT2D eigenvalue weighted by atomic mass is 32.1. The van der Waals surface area contributed by atoms with Crippen molar-refractivity contribution in [1.29, 1.82) is 0 Å². The summed E-state index contributed by atoms with van der Waals surface area (Å²) in [6, 6.07) is 13.1. The average molecular weight is 461 g/mol. The number of fused-ring (bicyclic) bond motifs is 1. The van der Waals surface area contributed by atoms with Crippen LogP contribution in [-0.4, -0.2) is 28.9 Å². The van der Waals surface area contributed by atoms with E-state index >= 15 is 0 Å². The highest BCUT2D eigenvalue weighted by molar-refractivity contribution is 7.22. The van der Waals surface area contributed by atoms with Crippen LogP contribution < -0.4 is 9.64 Å². The molecular formula is C25H20N2O5S. The fourth-order valence-electron chi connectivity index (χ4n) is 4.13. The van der Waals surface area contributed by atoms with E-state index in [9.17, 15) is 14.7 Å². The molecule has 3 heterocycles. The van der Waals surface area contributed by atoms with Gasteiger partial charge in [0.15, 0.2) is 5.13 Å². The Morgan fingerprint density at radius 2 is 1.97 bits per heavy atom. The topological polar surface area (TPSA) is 92.9 Å². The molecule has 1 fully saturated rings. The molecule has 0 spiro atoms. The molecular weight excluding hydrogens is 440 g/mol. The maximum absolute atomic E-state index is 13.2. The van der Waals surface area contributed by atoms with E-state index in [1.54, 1.807) is 36.4 Å². The van der Waals surface area contributed by atoms with Crippen LogP contribution in [0, 0.1) is 13.8 Å². The maximum atomic E-state index is 13.2. The average Bonchev–Trinajstić information content (AvgIpc) is 3.52. The van der Waals surface area contributed by atoms with Gasteiger partial charge in [-0.05, 0) is 55.3 Å². The second-order valence-corrected chi connectivity index (χ2v) is 8.85. The lowest BCUT2D eigenvalue weighted by Gasteiger charge is -2.20. The molecule has 2 aromatic carbocycles. The summed E-state index contributed by atoms with van der Waals surface area (Å²) in [4.78, 5) is 32.4. The van der Waals surface area contributed by atoms with Gasteiger partial charge in [0, 0.05) is 5.56 Å². The minimum Gasteiger partial charge on any atom is -0.507 e. The molecule has 0 aliphatic carbocycles. The third-order valence-electron chi connectivity index (χ3n) is 5.62. The zero-order valence-corrected chi connectivity index (χ0v) is 19.0. The Morgan fingerprint density at radius 1 is 1.15 bits per heavy atom. The van der Waals surface area contributed by atoms with Gasteiger partial charge in [0.2, 0.25) is 0 Å². The third-order valence-corrected chi connectivity index (χ3v) is 6.63. The van der Waals surface area contributed by atoms with Crippen LogP contribution >= 0.6 is 11.3 Å². The molecule has 2 aromatic heterocycles. The van der Waals surface area contributed by atoms with Gasteiger partial charge in [-0.2, -0.15) is 0 Å². The van der Waals surface area contributed by atoms with Crippen molar-refractivity contribution < 1.29 is 23.8 Å². The first kappa shape index (κ1) is 21.0. The van der Waals surface area contributed by atoms with Crippen LogP contribution in [0.15, 0.2) is 64.8 Å². The Labute approximate surface area is 193 Å². The van der Waals surface area contributed by atoms with Crippen LogP contribution in [0.25, 0.3) is 16.0 Å². The van der Waals surface area contributed by atoms with E-state index in [0.717, 1.165) is 21.3 Å². The molecule has 33 heavy (non-hydrogen) atoms. The van der Waals surface area contributed by atoms with Crippen molar-refractivity contribution in [1.82, 2.24) is 4.98 Å². The largest absolute Gasteiger partial charge is 0.507 e. The number of thiazole rings is 1. The van der Waals surface area contributed by atoms with E-state index in [1.807, 2.05) is 26.0 Å². The van der Waals surface area contributed by atoms with Crippen molar-refractivity contribution in [3.05, 3.63) is 82.8 Å². The molecule has 1 aliphatic rings. The quantitative estimate of drug-likeness (QED) is 0.257. The second-order valence-electron chi connectivity index (χ2n) is 7.84. The minimum atomic E-state index is -0.951. The van der Waals surface area contributed by atoms with Gasteiger partial charge in [0.1, 0.15) is 23.3 Å². The number of aliphatic hydroxyl groups is 1. The smallest absolute Gasteiger partial charge is 0.302 e. The Balaban J connectivity index is 1.72. The molecule has 0 unspecified atom stereocenters. The van der Waals surface area contributed by atoms with Gasteiger partial charge < -0.3 is 14.3 Å². The Kier molecular flexibility index (Phi) is 5.02. The molecule has 0 bridgehead atoms. The summed E-state index contributed by atoms with van der Waals surface area (Å²) >= 11 is 1.32. The van der Waals surface area contributed by atoms with Crippen LogP contribution in [0.3, 0.4) is 0 Å². The third kappa shape index (κ3) is 3.39. The molecule has 1 amide bonds. The van der Waals surface area contributed by atoms with Gasteiger partial charge in [-0.1, -0.05) is 29.5 Å². The number of carbonyl (C=O) groups excluding carboxylic acids is 2. The fourth-order valence-corrected chi connectivity index (χ4v) is 5.30. The van der Waals surface area contributed by atoms with Crippen LogP contribution in [0.5, 0.6) is 5.75 Å². The molecule has 0 saturated carbocycles. The number of rotatable bonds is 4. The zero-order valence-electron chi connectivity index (χ0n) is 18.2. The lowest BCUT2D eigenvalue weighted by molar-refractivity contribution is -0.132. The second kappa shape index (κ2) is 7.90. The van der Waals surface area contributed by atoms with E-state index in [-0.39, 0.29) is 11.3 Å². The number of aromatic nitrogens is 1. The summed E-state index contributed by atoms with van der Waals surface area (Å²) in [5.74, 6) is -1.01. The van der Waals surface area contributed by atoms with Gasteiger partial charge in [-0.3, -0.25) is 14.5 Å². The van der Waals surface area contributed by atoms with Crippen LogP contribution in [0.2, 0.25) is 0 Å². The molecule has 8 heteroatoms. The number of methoxy groups -OCH3 is 1. The summed E-state index contributed by atoms with van der Waals surface area (Å²) in [5, 5.41) is 11.5. The summed E-state index contributed by atoms with van der Waals surface area (Å²) in [5.41, 5.74) is 3.14. The van der Waals surface area contributed by atoms with Crippen LogP contribution in [0.1, 0.15) is 28.5 Å². The first-order chi connectivity index (χ1) is 15.9. The summed E-state index contributed by atoms with van der Waals surface area (Å²) in [7, 11) is 1.51. The number of hydrogen-bond acceptors (Lipinski definition) is 7. The lowest BCUT2D eigenvalue weighted by Crippen LogP contribution is -2.29. The molecule has 1 N–H and O–H groups in total. The van der Waals surface area contributed by atoms with E-state index < -0.39 is 17.7 Å². The first-order valence-electron chi connectivity index (χ1n) is 10.3. The summed E-state index contributed by atoms with van der Waals surface area (Å²) < 4.78 is 11.8. The molecule has 1 saturated heterocycles. The lowest BCUT2D eigenvalue weighted by atomic mass is 9.99. The van der Waals surface area contributed by atoms with E-state index in [1.165, 1.54) is 29.6 Å². The van der Waals surface area contributed by atoms with Crippen molar-refractivity contribution >= 4 is 44.1 Å². The van der Waals surface area contributed by atoms with Gasteiger partial charge in [0.05, 0.1) is 29.2 Å². The van der Waals surface area contributed by atoms with Gasteiger partial charge in [0.25, 0.3) is 5.78 Å². The van der Waals surface area contributed by atoms with Gasteiger partial charge in [-0.15, -0.1) is 0 Å². The number of amides is 1. The minimum absolute atomic E-state index is 0.0599. The van der Waals surface area contributed by atoms with Crippen molar-refractivity contribution in [3.63, 3.8) is 0 Å². The summed E-state index contributed by atoms with van der Waals surface area (Å²) in [6.45, 7) is 3.95. The zero-order chi connectivity index (χ0) is 23.3. The number of benzene rings is 2. The number of hydrogen-bond donors (Lipinski definition) is 1. The maximum Gasteiger partial charge on any atom is 0.302 e. The predicted octanol–water partition coefficient (Wildman–Crippen LogP) is 5.14. The first-order valence-corrected chi connectivity index (χ1v) is 11.1. The monoisotopic (exact) mass is 460 g/mol. The van der Waals surface area contributed by atoms with Crippen LogP contribution in [-0.2, 0) is 9.59 Å². The number of aryl methyl sites for hydroxylation is 2. The van der Waals surface area contributed by atoms with Crippen molar-refractivity contribution in [2.45, 2.75) is 19.9 Å². The highest BCUT2D eigenvalue weighted by Gasteiger charge is 2.49. The van der Waals surface area contributed by atoms with E-state index in [0.29, 0.717) is 22.2 Å². The van der Waals surface area contributed by atoms with Crippen molar-refractivity contribution in [2.75, 3.05) is 12.0 Å². The number of anilines is 1. The number of aliphatic hydroxyl groups excluding tert-OH is 1. The van der Waals surface area contributed by atoms with Gasteiger partial charge in [-0.25, -0.2) is 4.98 Å². The molecule has 5 rings (SSSR count). The molecule has 7 nitrogen and oxygen atoms in total. The van der Waals surface area contributed by atoms with Crippen molar-refractivity contribution in [3.8, 4) is 5.75 Å². The SMILES string of the molecule is COc1cccc(/C(O)=C2\C(=O)C(=O)N(c3nc4c(C)cc(C)cc4s3)[C@@H]2c2ccco2)c1. The molecule has 1 aliphatic heterocycles.